The molecule has 1 fully saturated rings. The fourth-order valence-electron chi connectivity index (χ4n) is 4.98. The number of aliphatic carboxylic acids is 1. The van der Waals surface area contributed by atoms with Crippen molar-refractivity contribution in [1.29, 1.82) is 5.26 Å². The van der Waals surface area contributed by atoms with Crippen LogP contribution in [-0.4, -0.2) is 45.4 Å². The van der Waals surface area contributed by atoms with Gasteiger partial charge >= 0.3 is 5.97 Å². The Kier molecular flexibility index (Phi) is 7.84. The van der Waals surface area contributed by atoms with Gasteiger partial charge in [0.25, 0.3) is 5.91 Å². The molecule has 0 atom stereocenters. The molecule has 3 N–H and O–H groups in total. The first-order chi connectivity index (χ1) is 18.6. The van der Waals surface area contributed by atoms with Crippen molar-refractivity contribution in [3.05, 3.63) is 101 Å². The van der Waals surface area contributed by atoms with E-state index in [0.717, 1.165) is 11.1 Å². The number of hydrogen-bond donors (Lipinski definition) is 2. The molecule has 0 radical (unpaired) electrons. The molecule has 0 aliphatic carbocycles. The molecule has 8 heteroatoms. The van der Waals surface area contributed by atoms with Crippen molar-refractivity contribution in [2.45, 2.75) is 38.6 Å². The van der Waals surface area contributed by atoms with Gasteiger partial charge < -0.3 is 20.6 Å². The van der Waals surface area contributed by atoms with Crippen molar-refractivity contribution in [3.63, 3.8) is 0 Å². The Morgan fingerprint density at radius 2 is 1.87 bits per heavy atom. The van der Waals surface area contributed by atoms with E-state index in [1.165, 1.54) is 6.07 Å². The number of piperidine rings is 1. The van der Waals surface area contributed by atoms with E-state index in [1.54, 1.807) is 34.2 Å². The van der Waals surface area contributed by atoms with Crippen LogP contribution in [0.25, 0.3) is 16.7 Å². The van der Waals surface area contributed by atoms with E-state index in [-0.39, 0.29) is 37.7 Å². The third-order valence-electron chi connectivity index (χ3n) is 7.30. The van der Waals surface area contributed by atoms with Crippen LogP contribution in [0.3, 0.4) is 0 Å². The summed E-state index contributed by atoms with van der Waals surface area (Å²) in [6, 6.07) is 14.8. The number of aryl methyl sites for hydroxylation is 1. The van der Waals surface area contributed by atoms with Crippen molar-refractivity contribution in [1.82, 2.24) is 9.80 Å². The number of nitrogens with two attached hydrogens (primary N) is 1. The van der Waals surface area contributed by atoms with Crippen LogP contribution >= 0.6 is 0 Å². The first-order valence-corrected chi connectivity index (χ1v) is 12.8. The molecular weight excluding hydrogens is 495 g/mol. The van der Waals surface area contributed by atoms with E-state index in [9.17, 15) is 24.3 Å². The van der Waals surface area contributed by atoms with Crippen LogP contribution in [-0.2, 0) is 9.59 Å². The highest BCUT2D eigenvalue weighted by atomic mass is 19.1. The normalized spacial score (nSPS) is 17.3. The molecule has 2 aliphatic heterocycles. The van der Waals surface area contributed by atoms with Crippen LogP contribution in [0, 0.1) is 24.1 Å². The molecule has 2 heterocycles. The zero-order chi connectivity index (χ0) is 28.3. The maximum atomic E-state index is 14.9. The number of nitrogens with zero attached hydrogens (tertiary/aromatic N) is 3. The van der Waals surface area contributed by atoms with Crippen molar-refractivity contribution in [2.75, 3.05) is 13.1 Å². The lowest BCUT2D eigenvalue weighted by Crippen LogP contribution is -2.56. The molecule has 1 amide bonds. The lowest BCUT2D eigenvalue weighted by Gasteiger charge is -2.36. The minimum absolute atomic E-state index is 0.167. The van der Waals surface area contributed by atoms with Gasteiger partial charge in [0, 0.05) is 36.1 Å². The van der Waals surface area contributed by atoms with Crippen LogP contribution < -0.4 is 5.73 Å². The number of allylic oxidation sites excluding steroid dienone is 3. The van der Waals surface area contributed by atoms with Gasteiger partial charge in [0.15, 0.2) is 0 Å². The number of likely N-dealkylation sites (tertiary alicyclic amines) is 1. The van der Waals surface area contributed by atoms with Crippen LogP contribution in [0.2, 0.25) is 0 Å². The Morgan fingerprint density at radius 1 is 1.18 bits per heavy atom. The molecule has 4 rings (SSSR count). The highest BCUT2D eigenvalue weighted by Crippen LogP contribution is 2.36. The van der Waals surface area contributed by atoms with E-state index >= 15 is 0 Å². The number of carbonyl (C=O) groups is 2. The van der Waals surface area contributed by atoms with Crippen LogP contribution in [0.15, 0.2) is 84.4 Å². The van der Waals surface area contributed by atoms with Gasteiger partial charge in [-0.1, -0.05) is 49.9 Å². The highest BCUT2D eigenvalue weighted by Gasteiger charge is 2.39. The minimum atomic E-state index is -1.32. The summed E-state index contributed by atoms with van der Waals surface area (Å²) in [4.78, 5) is 27.8. The molecule has 1 saturated heterocycles. The summed E-state index contributed by atoms with van der Waals surface area (Å²) < 4.78 is 14.9. The molecule has 2 aromatic carbocycles. The van der Waals surface area contributed by atoms with Crippen LogP contribution in [0.5, 0.6) is 0 Å². The largest absolute Gasteiger partial charge is 0.480 e. The molecule has 0 spiro atoms. The van der Waals surface area contributed by atoms with Gasteiger partial charge in [0.05, 0.1) is 0 Å². The predicted octanol–water partition coefficient (Wildman–Crippen LogP) is 5.12. The second kappa shape index (κ2) is 11.1. The topological polar surface area (TPSA) is 111 Å². The monoisotopic (exact) mass is 526 g/mol. The molecule has 0 aromatic heterocycles. The molecule has 0 unspecified atom stereocenters. The van der Waals surface area contributed by atoms with Gasteiger partial charge in [-0.3, -0.25) is 9.59 Å². The summed E-state index contributed by atoms with van der Waals surface area (Å²) >= 11 is 0. The summed E-state index contributed by atoms with van der Waals surface area (Å²) in [7, 11) is 0. The Morgan fingerprint density at radius 3 is 2.46 bits per heavy atom. The molecule has 2 aromatic rings. The number of halogens is 1. The van der Waals surface area contributed by atoms with Gasteiger partial charge in [-0.2, -0.15) is 5.26 Å². The minimum Gasteiger partial charge on any atom is -0.480 e. The number of carbonyl (C=O) groups excluding carboxylic acids is 1. The predicted molar refractivity (Wildman–Crippen MR) is 148 cm³/mol. The van der Waals surface area contributed by atoms with Gasteiger partial charge in [-0.05, 0) is 66.7 Å². The quantitative estimate of drug-likeness (QED) is 0.506. The summed E-state index contributed by atoms with van der Waals surface area (Å²) in [6.45, 7) is 8.32. The fraction of sp³-hybridized carbons (Fsp3) is 0.258. The molecule has 0 bridgehead atoms. The number of hydrogen-bond acceptors (Lipinski definition) is 5. The number of amides is 1. The Hall–Kier alpha value is -4.48. The van der Waals surface area contributed by atoms with E-state index in [2.05, 4.69) is 12.6 Å². The smallest absolute Gasteiger partial charge is 0.323 e. The maximum absolute atomic E-state index is 14.9. The third kappa shape index (κ3) is 5.40. The zero-order valence-electron chi connectivity index (χ0n) is 22.1. The Labute approximate surface area is 227 Å². The van der Waals surface area contributed by atoms with Crippen molar-refractivity contribution < 1.29 is 19.1 Å². The fourth-order valence-corrected chi connectivity index (χ4v) is 4.98. The molecule has 7 nitrogen and oxygen atoms in total. The number of benzene rings is 2. The summed E-state index contributed by atoms with van der Waals surface area (Å²) in [5.74, 6) is -1.65. The lowest BCUT2D eigenvalue weighted by molar-refractivity contribution is -0.146. The maximum Gasteiger partial charge on any atom is 0.323 e. The summed E-state index contributed by atoms with van der Waals surface area (Å²) in [5, 5.41) is 19.6. The van der Waals surface area contributed by atoms with Crippen molar-refractivity contribution in [3.8, 4) is 17.2 Å². The summed E-state index contributed by atoms with van der Waals surface area (Å²) in [6.07, 6.45) is 5.70. The first kappa shape index (κ1) is 27.6. The van der Waals surface area contributed by atoms with Gasteiger partial charge in [0.2, 0.25) is 0 Å². The van der Waals surface area contributed by atoms with E-state index in [1.807, 2.05) is 44.2 Å². The third-order valence-corrected chi connectivity index (χ3v) is 7.30. The van der Waals surface area contributed by atoms with Gasteiger partial charge in [0.1, 0.15) is 23.1 Å². The average Bonchev–Trinajstić information content (AvgIpc) is 2.92. The lowest BCUT2D eigenvalue weighted by atomic mass is 9.88. The van der Waals surface area contributed by atoms with Crippen LogP contribution in [0.1, 0.15) is 37.3 Å². The Balaban J connectivity index is 1.63. The second-order valence-corrected chi connectivity index (χ2v) is 9.85. The Bertz CT molecular complexity index is 1470. The van der Waals surface area contributed by atoms with Crippen molar-refractivity contribution >= 4 is 17.4 Å². The highest BCUT2D eigenvalue weighted by molar-refractivity contribution is 5.97. The number of carboxylic acids is 1. The van der Waals surface area contributed by atoms with E-state index in [4.69, 9.17) is 5.73 Å². The molecule has 39 heavy (non-hydrogen) atoms. The van der Waals surface area contributed by atoms with E-state index in [0.29, 0.717) is 40.1 Å². The number of nitriles is 1. The second-order valence-electron chi connectivity index (χ2n) is 9.85. The molecule has 200 valence electrons. The number of rotatable bonds is 6. The average molecular weight is 527 g/mol. The van der Waals surface area contributed by atoms with Gasteiger partial charge in [-0.15, -0.1) is 0 Å². The standard InChI is InChI=1S/C31H31FN4O3/c1-4-23(24-7-5-6-8-25(24)26-10-9-20(2)17-27(26)32)28(19-33)36-14-11-22(18-21(36)3)29(37)35-15-12-31(34,13-16-35)30(38)39/h5-11,14,17-18H,3-4,12-13,15-16,34H2,1-2H3,(H,38,39)/b28-23+. The van der Waals surface area contributed by atoms with E-state index < -0.39 is 11.5 Å². The zero-order valence-corrected chi connectivity index (χ0v) is 22.1. The summed E-state index contributed by atoms with van der Waals surface area (Å²) in [5.41, 5.74) is 9.16. The first-order valence-electron chi connectivity index (χ1n) is 12.8. The molecule has 2 aliphatic rings. The van der Waals surface area contributed by atoms with Crippen LogP contribution in [0.4, 0.5) is 4.39 Å². The number of carboxylic acid groups (broad SMARTS) is 1. The van der Waals surface area contributed by atoms with Gasteiger partial charge in [-0.25, -0.2) is 4.39 Å². The van der Waals surface area contributed by atoms with Crippen molar-refractivity contribution in [2.24, 2.45) is 5.73 Å². The molecule has 0 saturated carbocycles. The SMILES string of the molecule is C=C1C=C(C(=O)N2CCC(N)(C(=O)O)CC2)C=CN1/C(C#N)=C(\CC)c1ccccc1-c1ccc(C)cc1F. The molecular formula is C31H31FN4O3.